The lowest BCUT2D eigenvalue weighted by molar-refractivity contribution is 0.0697. The van der Waals surface area contributed by atoms with Crippen molar-refractivity contribution < 1.29 is 18.3 Å². The molecule has 0 bridgehead atoms. The van der Waals surface area contributed by atoms with Gasteiger partial charge in [0.05, 0.1) is 16.3 Å². The van der Waals surface area contributed by atoms with Gasteiger partial charge in [0.1, 0.15) is 0 Å². The first-order valence-electron chi connectivity index (χ1n) is 5.51. The predicted molar refractivity (Wildman–Crippen MR) is 73.8 cm³/mol. The number of halogens is 1. The highest BCUT2D eigenvalue weighted by molar-refractivity contribution is 7.90. The van der Waals surface area contributed by atoms with Gasteiger partial charge in [0.25, 0.3) is 10.2 Å². The van der Waals surface area contributed by atoms with Crippen LogP contribution in [0.3, 0.4) is 0 Å². The molecule has 0 spiro atoms. The molecule has 6 nitrogen and oxygen atoms in total. The zero-order valence-electron chi connectivity index (χ0n) is 10.5. The molecule has 0 saturated heterocycles. The van der Waals surface area contributed by atoms with E-state index in [0.717, 1.165) is 0 Å². The van der Waals surface area contributed by atoms with E-state index < -0.39 is 16.2 Å². The van der Waals surface area contributed by atoms with Crippen molar-refractivity contribution in [2.24, 2.45) is 5.92 Å². The average molecular weight is 307 g/mol. The fourth-order valence-corrected chi connectivity index (χ4v) is 2.48. The third kappa shape index (κ3) is 5.06. The van der Waals surface area contributed by atoms with Crippen LogP contribution in [0.2, 0.25) is 5.02 Å². The highest BCUT2D eigenvalue weighted by Crippen LogP contribution is 2.21. The van der Waals surface area contributed by atoms with E-state index >= 15 is 0 Å². The molecule has 0 saturated carbocycles. The van der Waals surface area contributed by atoms with Crippen molar-refractivity contribution in [3.63, 3.8) is 0 Å². The number of carbonyl (C=O) groups is 1. The summed E-state index contributed by atoms with van der Waals surface area (Å²) in [6, 6.07) is 3.88. The Morgan fingerprint density at radius 1 is 1.42 bits per heavy atom. The molecule has 0 aliphatic rings. The lowest BCUT2D eigenvalue weighted by Gasteiger charge is -2.11. The summed E-state index contributed by atoms with van der Waals surface area (Å²) in [5.41, 5.74) is -0.0243. The van der Waals surface area contributed by atoms with E-state index in [1.165, 1.54) is 18.2 Å². The summed E-state index contributed by atoms with van der Waals surface area (Å²) in [4.78, 5) is 10.9. The first-order chi connectivity index (χ1) is 8.71. The molecule has 0 aromatic heterocycles. The highest BCUT2D eigenvalue weighted by Gasteiger charge is 2.14. The van der Waals surface area contributed by atoms with E-state index in [0.29, 0.717) is 0 Å². The molecular weight excluding hydrogens is 292 g/mol. The SMILES string of the molecule is CC(C)CNS(=O)(=O)Nc1ccc(Cl)c(C(=O)O)c1. The fraction of sp³-hybridized carbons (Fsp3) is 0.364. The Kier molecular flexibility index (Phi) is 5.16. The number of carboxylic acids is 1. The van der Waals surface area contributed by atoms with Crippen molar-refractivity contribution in [1.29, 1.82) is 0 Å². The Morgan fingerprint density at radius 3 is 2.58 bits per heavy atom. The third-order valence-electron chi connectivity index (χ3n) is 2.13. The number of anilines is 1. The summed E-state index contributed by atoms with van der Waals surface area (Å²) < 4.78 is 27.9. The van der Waals surface area contributed by atoms with Crippen LogP contribution in [0.15, 0.2) is 18.2 Å². The quantitative estimate of drug-likeness (QED) is 0.748. The van der Waals surface area contributed by atoms with Gasteiger partial charge in [-0.25, -0.2) is 4.79 Å². The molecule has 1 aromatic carbocycles. The number of hydrogen-bond acceptors (Lipinski definition) is 3. The molecule has 0 amide bonds. The Hall–Kier alpha value is -1.31. The summed E-state index contributed by atoms with van der Waals surface area (Å²) in [6.07, 6.45) is 0. The Bertz CT molecular complexity index is 572. The van der Waals surface area contributed by atoms with Crippen molar-refractivity contribution in [3.8, 4) is 0 Å². The highest BCUT2D eigenvalue weighted by atomic mass is 35.5. The molecule has 1 rings (SSSR count). The number of nitrogens with one attached hydrogen (secondary N) is 2. The molecule has 0 heterocycles. The number of hydrogen-bond donors (Lipinski definition) is 3. The molecule has 0 radical (unpaired) electrons. The van der Waals surface area contributed by atoms with Crippen LogP contribution in [-0.4, -0.2) is 26.0 Å². The summed E-state index contributed by atoms with van der Waals surface area (Å²) in [5, 5.41) is 8.93. The topological polar surface area (TPSA) is 95.5 Å². The van der Waals surface area contributed by atoms with Gasteiger partial charge in [0.15, 0.2) is 0 Å². The van der Waals surface area contributed by atoms with Crippen molar-refractivity contribution in [3.05, 3.63) is 28.8 Å². The summed E-state index contributed by atoms with van der Waals surface area (Å²) in [5.74, 6) is -1.06. The minimum absolute atomic E-state index is 0.0468. The van der Waals surface area contributed by atoms with Crippen molar-refractivity contribution in [1.82, 2.24) is 4.72 Å². The number of carboxylic acid groups (broad SMARTS) is 1. The monoisotopic (exact) mass is 306 g/mol. The summed E-state index contributed by atoms with van der Waals surface area (Å²) in [6.45, 7) is 4.02. The zero-order chi connectivity index (χ0) is 14.6. The van der Waals surface area contributed by atoms with Gasteiger partial charge < -0.3 is 5.11 Å². The van der Waals surface area contributed by atoms with Gasteiger partial charge >= 0.3 is 5.97 Å². The molecular formula is C11H15ClN2O4S. The van der Waals surface area contributed by atoms with E-state index in [1.807, 2.05) is 13.8 Å². The van der Waals surface area contributed by atoms with Crippen LogP contribution in [0.5, 0.6) is 0 Å². The first kappa shape index (κ1) is 15.7. The second kappa shape index (κ2) is 6.23. The van der Waals surface area contributed by atoms with Gasteiger partial charge in [-0.3, -0.25) is 4.72 Å². The second-order valence-electron chi connectivity index (χ2n) is 4.35. The maximum absolute atomic E-state index is 11.7. The minimum Gasteiger partial charge on any atom is -0.478 e. The van der Waals surface area contributed by atoms with Gasteiger partial charge in [-0.05, 0) is 24.1 Å². The predicted octanol–water partition coefficient (Wildman–Crippen LogP) is 1.94. The van der Waals surface area contributed by atoms with Crippen LogP contribution in [-0.2, 0) is 10.2 Å². The number of rotatable bonds is 6. The first-order valence-corrected chi connectivity index (χ1v) is 7.37. The minimum atomic E-state index is -3.72. The van der Waals surface area contributed by atoms with Crippen molar-refractivity contribution in [2.75, 3.05) is 11.3 Å². The van der Waals surface area contributed by atoms with Gasteiger partial charge in [-0.2, -0.15) is 13.1 Å². The normalized spacial score (nSPS) is 11.6. The Balaban J connectivity index is 2.88. The molecule has 0 fully saturated rings. The second-order valence-corrected chi connectivity index (χ2v) is 6.25. The molecule has 0 aliphatic heterocycles. The Labute approximate surface area is 117 Å². The summed E-state index contributed by atoms with van der Waals surface area (Å²) in [7, 11) is -3.72. The third-order valence-corrected chi connectivity index (χ3v) is 3.51. The van der Waals surface area contributed by atoms with E-state index in [1.54, 1.807) is 0 Å². The van der Waals surface area contributed by atoms with Crippen molar-refractivity contribution in [2.45, 2.75) is 13.8 Å². The largest absolute Gasteiger partial charge is 0.478 e. The van der Waals surface area contributed by atoms with Gasteiger partial charge in [0.2, 0.25) is 0 Å². The molecule has 0 unspecified atom stereocenters. The van der Waals surface area contributed by atoms with Crippen LogP contribution in [0.1, 0.15) is 24.2 Å². The molecule has 1 aromatic rings. The van der Waals surface area contributed by atoms with Crippen LogP contribution in [0, 0.1) is 5.92 Å². The number of aromatic carboxylic acids is 1. The lowest BCUT2D eigenvalue weighted by Crippen LogP contribution is -2.32. The molecule has 3 N–H and O–H groups in total. The van der Waals surface area contributed by atoms with Gasteiger partial charge in [0, 0.05) is 6.54 Å². The van der Waals surface area contributed by atoms with E-state index in [-0.39, 0.29) is 28.7 Å². The number of benzene rings is 1. The molecule has 0 aliphatic carbocycles. The van der Waals surface area contributed by atoms with Gasteiger partial charge in [-0.1, -0.05) is 25.4 Å². The molecule has 19 heavy (non-hydrogen) atoms. The summed E-state index contributed by atoms with van der Waals surface area (Å²) >= 11 is 5.69. The standard InChI is InChI=1S/C11H15ClN2O4S/c1-7(2)6-13-19(17,18)14-8-3-4-10(12)9(5-8)11(15)16/h3-5,7,13-14H,6H2,1-2H3,(H,15,16). The fourth-order valence-electron chi connectivity index (χ4n) is 1.22. The Morgan fingerprint density at radius 2 is 2.05 bits per heavy atom. The van der Waals surface area contributed by atoms with E-state index in [9.17, 15) is 13.2 Å². The van der Waals surface area contributed by atoms with Crippen LogP contribution >= 0.6 is 11.6 Å². The smallest absolute Gasteiger partial charge is 0.337 e. The molecule has 106 valence electrons. The lowest BCUT2D eigenvalue weighted by atomic mass is 10.2. The van der Waals surface area contributed by atoms with E-state index in [4.69, 9.17) is 16.7 Å². The van der Waals surface area contributed by atoms with Gasteiger partial charge in [-0.15, -0.1) is 0 Å². The van der Waals surface area contributed by atoms with Crippen LogP contribution in [0.4, 0.5) is 5.69 Å². The van der Waals surface area contributed by atoms with Crippen molar-refractivity contribution >= 4 is 33.5 Å². The van der Waals surface area contributed by atoms with E-state index in [2.05, 4.69) is 9.44 Å². The maximum Gasteiger partial charge on any atom is 0.337 e. The molecule has 0 atom stereocenters. The molecule has 8 heteroatoms. The van der Waals surface area contributed by atoms with Crippen LogP contribution < -0.4 is 9.44 Å². The zero-order valence-corrected chi connectivity index (χ0v) is 12.0. The maximum atomic E-state index is 11.7. The average Bonchev–Trinajstić information content (AvgIpc) is 2.28. The van der Waals surface area contributed by atoms with Crippen LogP contribution in [0.25, 0.3) is 0 Å².